The van der Waals surface area contributed by atoms with Gasteiger partial charge in [-0.25, -0.2) is 8.78 Å². The number of halogens is 3. The summed E-state index contributed by atoms with van der Waals surface area (Å²) in [6, 6.07) is 0.533. The van der Waals surface area contributed by atoms with Crippen molar-refractivity contribution in [2.45, 2.75) is 19.4 Å². The molecule has 0 aromatic carbocycles. The van der Waals surface area contributed by atoms with Gasteiger partial charge in [0.15, 0.2) is 0 Å². The van der Waals surface area contributed by atoms with Gasteiger partial charge in [-0.2, -0.15) is 0 Å². The first-order valence-corrected chi connectivity index (χ1v) is 4.93. The highest BCUT2D eigenvalue weighted by Gasteiger charge is 2.19. The van der Waals surface area contributed by atoms with Gasteiger partial charge in [0.25, 0.3) is 6.43 Å². The highest BCUT2D eigenvalue weighted by molar-refractivity contribution is 9.11. The summed E-state index contributed by atoms with van der Waals surface area (Å²) in [6.07, 6.45) is -2.49. The second-order valence-electron chi connectivity index (χ2n) is 2.47. The quantitative estimate of drug-likeness (QED) is 0.864. The van der Waals surface area contributed by atoms with Crippen LogP contribution in [0.4, 0.5) is 8.78 Å². The number of nitrogens with two attached hydrogens (primary N) is 1. The fourth-order valence-electron chi connectivity index (χ4n) is 0.772. The van der Waals surface area contributed by atoms with Gasteiger partial charge in [-0.05, 0) is 34.5 Å². The molecule has 1 aromatic rings. The van der Waals surface area contributed by atoms with E-state index in [2.05, 4.69) is 15.9 Å². The van der Waals surface area contributed by atoms with Crippen LogP contribution in [0.1, 0.15) is 16.5 Å². The Hall–Kier alpha value is -0.000000000000000111. The Morgan fingerprint density at radius 1 is 1.58 bits per heavy atom. The second kappa shape index (κ2) is 3.81. The highest BCUT2D eigenvalue weighted by atomic mass is 79.9. The van der Waals surface area contributed by atoms with Crippen LogP contribution in [-0.4, -0.2) is 6.43 Å². The zero-order valence-corrected chi connectivity index (χ0v) is 8.75. The van der Waals surface area contributed by atoms with Crippen molar-refractivity contribution >= 4 is 27.3 Å². The Balaban J connectivity index is 2.89. The lowest BCUT2D eigenvalue weighted by molar-refractivity contribution is 0.118. The lowest BCUT2D eigenvalue weighted by atomic mass is 10.2. The fraction of sp³-hybridized carbons (Fsp3) is 0.429. The van der Waals surface area contributed by atoms with Gasteiger partial charge in [0.2, 0.25) is 0 Å². The predicted molar refractivity (Wildman–Crippen MR) is 49.7 cm³/mol. The number of thiophene rings is 1. The van der Waals surface area contributed by atoms with E-state index in [1.54, 1.807) is 6.07 Å². The maximum absolute atomic E-state index is 12.1. The van der Waals surface area contributed by atoms with E-state index in [1.807, 2.05) is 6.92 Å². The molecule has 68 valence electrons. The van der Waals surface area contributed by atoms with E-state index >= 15 is 0 Å². The van der Waals surface area contributed by atoms with Crippen molar-refractivity contribution in [3.8, 4) is 0 Å². The van der Waals surface area contributed by atoms with E-state index in [-0.39, 0.29) is 0 Å². The number of rotatable bonds is 2. The molecule has 0 spiro atoms. The molecular formula is C7H8BrF2NS. The SMILES string of the molecule is Cc1cc([C@H](N)C(F)F)sc1Br. The molecule has 0 aliphatic carbocycles. The van der Waals surface area contributed by atoms with Gasteiger partial charge in [-0.3, -0.25) is 0 Å². The van der Waals surface area contributed by atoms with Crippen molar-refractivity contribution in [2.24, 2.45) is 5.73 Å². The molecule has 1 rings (SSSR count). The van der Waals surface area contributed by atoms with E-state index < -0.39 is 12.5 Å². The zero-order valence-electron chi connectivity index (χ0n) is 6.35. The Kier molecular flexibility index (Phi) is 3.20. The lowest BCUT2D eigenvalue weighted by Crippen LogP contribution is -2.17. The molecule has 2 N–H and O–H groups in total. The normalized spacial score (nSPS) is 13.8. The van der Waals surface area contributed by atoms with Crippen molar-refractivity contribution in [3.05, 3.63) is 20.3 Å². The number of hydrogen-bond donors (Lipinski definition) is 1. The Morgan fingerprint density at radius 2 is 2.17 bits per heavy atom. The third-order valence-corrected chi connectivity index (χ3v) is 3.71. The molecule has 0 bridgehead atoms. The van der Waals surface area contributed by atoms with E-state index in [0.717, 1.165) is 9.35 Å². The van der Waals surface area contributed by atoms with Gasteiger partial charge in [0.1, 0.15) is 6.04 Å². The molecule has 0 unspecified atom stereocenters. The van der Waals surface area contributed by atoms with E-state index in [0.29, 0.717) is 4.88 Å². The second-order valence-corrected chi connectivity index (χ2v) is 4.87. The molecule has 12 heavy (non-hydrogen) atoms. The van der Waals surface area contributed by atoms with Crippen molar-refractivity contribution < 1.29 is 8.78 Å². The summed E-state index contributed by atoms with van der Waals surface area (Å²) in [5.41, 5.74) is 6.21. The van der Waals surface area contributed by atoms with Crippen LogP contribution in [0.25, 0.3) is 0 Å². The number of alkyl halides is 2. The Bertz CT molecular complexity index is 255. The number of aryl methyl sites for hydroxylation is 1. The molecule has 0 saturated heterocycles. The molecule has 0 radical (unpaired) electrons. The summed E-state index contributed by atoms with van der Waals surface area (Å²) in [5, 5.41) is 0. The van der Waals surface area contributed by atoms with Crippen LogP contribution in [-0.2, 0) is 0 Å². The molecule has 0 saturated carbocycles. The molecule has 1 heterocycles. The van der Waals surface area contributed by atoms with E-state index in [9.17, 15) is 8.78 Å². The molecule has 0 aliphatic heterocycles. The molecule has 5 heteroatoms. The number of hydrogen-bond acceptors (Lipinski definition) is 2. The summed E-state index contributed by atoms with van der Waals surface area (Å²) in [7, 11) is 0. The van der Waals surface area contributed by atoms with Gasteiger partial charge in [-0.15, -0.1) is 11.3 Å². The topological polar surface area (TPSA) is 26.0 Å². The van der Waals surface area contributed by atoms with Crippen LogP contribution in [0.2, 0.25) is 0 Å². The first kappa shape index (κ1) is 10.1. The molecule has 0 fully saturated rings. The lowest BCUT2D eigenvalue weighted by Gasteiger charge is -2.06. The molecular weight excluding hydrogens is 248 g/mol. The van der Waals surface area contributed by atoms with Gasteiger partial charge in [0.05, 0.1) is 3.79 Å². The fourth-order valence-corrected chi connectivity index (χ4v) is 2.35. The standard InChI is InChI=1S/C7H8BrF2NS/c1-3-2-4(12-6(3)8)5(11)7(9)10/h2,5,7H,11H2,1H3/t5-/m0/s1. The van der Waals surface area contributed by atoms with Crippen LogP contribution in [0.15, 0.2) is 9.85 Å². The smallest absolute Gasteiger partial charge is 0.258 e. The first-order chi connectivity index (χ1) is 5.52. The third kappa shape index (κ3) is 2.02. The van der Waals surface area contributed by atoms with Crippen LogP contribution < -0.4 is 5.73 Å². The van der Waals surface area contributed by atoms with Crippen molar-refractivity contribution in [2.75, 3.05) is 0 Å². The summed E-state index contributed by atoms with van der Waals surface area (Å²) in [4.78, 5) is 0.523. The molecule has 0 aliphatic rings. The molecule has 1 aromatic heterocycles. The minimum atomic E-state index is -2.49. The average Bonchev–Trinajstić information content (AvgIpc) is 2.30. The Morgan fingerprint density at radius 3 is 2.50 bits per heavy atom. The Labute approximate surface area is 81.7 Å². The van der Waals surface area contributed by atoms with Crippen LogP contribution in [0.5, 0.6) is 0 Å². The van der Waals surface area contributed by atoms with Crippen LogP contribution in [0.3, 0.4) is 0 Å². The van der Waals surface area contributed by atoms with Crippen molar-refractivity contribution in [1.29, 1.82) is 0 Å². The summed E-state index contributed by atoms with van der Waals surface area (Å²) in [5.74, 6) is 0. The largest absolute Gasteiger partial charge is 0.319 e. The van der Waals surface area contributed by atoms with Crippen molar-refractivity contribution in [1.82, 2.24) is 0 Å². The first-order valence-electron chi connectivity index (χ1n) is 3.32. The van der Waals surface area contributed by atoms with Gasteiger partial charge < -0.3 is 5.73 Å². The van der Waals surface area contributed by atoms with Gasteiger partial charge >= 0.3 is 0 Å². The molecule has 0 amide bonds. The average molecular weight is 256 g/mol. The van der Waals surface area contributed by atoms with Crippen LogP contribution >= 0.6 is 27.3 Å². The van der Waals surface area contributed by atoms with Gasteiger partial charge in [-0.1, -0.05) is 0 Å². The van der Waals surface area contributed by atoms with Crippen molar-refractivity contribution in [3.63, 3.8) is 0 Å². The van der Waals surface area contributed by atoms with Crippen LogP contribution in [0, 0.1) is 6.92 Å². The minimum Gasteiger partial charge on any atom is -0.319 e. The van der Waals surface area contributed by atoms with E-state index in [1.165, 1.54) is 11.3 Å². The predicted octanol–water partition coefficient (Wildman–Crippen LogP) is 3.08. The van der Waals surface area contributed by atoms with Gasteiger partial charge in [0, 0.05) is 4.88 Å². The zero-order chi connectivity index (χ0) is 9.30. The maximum atomic E-state index is 12.1. The molecule has 1 nitrogen and oxygen atoms in total. The summed E-state index contributed by atoms with van der Waals surface area (Å²) >= 11 is 4.51. The minimum absolute atomic E-state index is 0.523. The monoisotopic (exact) mass is 255 g/mol. The molecule has 1 atom stereocenters. The maximum Gasteiger partial charge on any atom is 0.258 e. The third-order valence-electron chi connectivity index (χ3n) is 1.48. The van der Waals surface area contributed by atoms with E-state index in [4.69, 9.17) is 5.73 Å². The summed E-state index contributed by atoms with van der Waals surface area (Å²) < 4.78 is 25.1. The highest BCUT2D eigenvalue weighted by Crippen LogP contribution is 2.32. The summed E-state index contributed by atoms with van der Waals surface area (Å²) in [6.45, 7) is 1.85.